The molecule has 1 saturated heterocycles. The zero-order chi connectivity index (χ0) is 31.8. The molecule has 0 spiro atoms. The van der Waals surface area contributed by atoms with E-state index in [1.54, 1.807) is 12.1 Å². The molecular weight excluding hydrogens is 588 g/mol. The van der Waals surface area contributed by atoms with Crippen LogP contribution in [0.1, 0.15) is 55.6 Å². The van der Waals surface area contributed by atoms with E-state index >= 15 is 0 Å². The van der Waals surface area contributed by atoms with Crippen molar-refractivity contribution in [3.63, 3.8) is 0 Å². The van der Waals surface area contributed by atoms with Gasteiger partial charge in [-0.15, -0.1) is 11.3 Å². The van der Waals surface area contributed by atoms with Gasteiger partial charge >= 0.3 is 5.97 Å². The molecule has 3 aromatic carbocycles. The van der Waals surface area contributed by atoms with Crippen molar-refractivity contribution in [2.75, 3.05) is 36.4 Å². The minimum atomic E-state index is -1.03. The Labute approximate surface area is 266 Å². The fourth-order valence-electron chi connectivity index (χ4n) is 5.41. The molecule has 232 valence electrons. The predicted molar refractivity (Wildman–Crippen MR) is 176 cm³/mol. The molecule has 0 radical (unpaired) electrons. The van der Waals surface area contributed by atoms with Crippen molar-refractivity contribution >= 4 is 46.4 Å². The number of hydrogen-bond acceptors (Lipinski definition) is 6. The van der Waals surface area contributed by atoms with Gasteiger partial charge in [0, 0.05) is 31.7 Å². The second kappa shape index (κ2) is 14.7. The van der Waals surface area contributed by atoms with Crippen LogP contribution in [-0.2, 0) is 16.0 Å². The summed E-state index contributed by atoms with van der Waals surface area (Å²) in [5.74, 6) is -1.69. The van der Waals surface area contributed by atoms with Gasteiger partial charge in [-0.1, -0.05) is 66.2 Å². The Balaban J connectivity index is 1.39. The zero-order valence-corrected chi connectivity index (χ0v) is 25.9. The van der Waals surface area contributed by atoms with Gasteiger partial charge in [0.15, 0.2) is 0 Å². The first-order chi connectivity index (χ1) is 21.8. The lowest BCUT2D eigenvalue weighted by atomic mass is 10.0. The standard InChI is InChI=1S/C35H36N4O5S/c1-24-10-12-26(13-11-24)28(23-33(41)42)37-34(43)27-14-15-30(29(22-27)36-32(40)21-25-7-3-2-4-8-25)38-16-6-17-39(19-18-38)35(44)31-9-5-20-45-31/h2-5,7-15,20,22,28H,6,16-19,21,23H2,1H3,(H,36,40)(H,37,43)(H,41,42). The SMILES string of the molecule is Cc1ccc(C(CC(=O)O)NC(=O)c2ccc(N3CCCN(C(=O)c4cccs4)CC3)c(NC(=O)Cc3ccccc3)c2)cc1. The molecule has 9 nitrogen and oxygen atoms in total. The average Bonchev–Trinajstić information content (AvgIpc) is 3.46. The number of aliphatic carboxylic acids is 1. The van der Waals surface area contributed by atoms with Crippen LogP contribution in [0.4, 0.5) is 11.4 Å². The number of nitrogens with one attached hydrogen (secondary N) is 2. The molecule has 1 aromatic heterocycles. The van der Waals surface area contributed by atoms with Crippen molar-refractivity contribution in [2.45, 2.75) is 32.2 Å². The van der Waals surface area contributed by atoms with E-state index < -0.39 is 17.9 Å². The summed E-state index contributed by atoms with van der Waals surface area (Å²) < 4.78 is 0. The van der Waals surface area contributed by atoms with Crippen LogP contribution in [0.5, 0.6) is 0 Å². The molecule has 5 rings (SSSR count). The van der Waals surface area contributed by atoms with Crippen LogP contribution in [-0.4, -0.2) is 59.9 Å². The van der Waals surface area contributed by atoms with E-state index in [0.717, 1.165) is 23.2 Å². The molecule has 1 aliphatic heterocycles. The topological polar surface area (TPSA) is 119 Å². The predicted octanol–water partition coefficient (Wildman–Crippen LogP) is 5.54. The molecule has 1 atom stereocenters. The smallest absolute Gasteiger partial charge is 0.305 e. The highest BCUT2D eigenvalue weighted by Crippen LogP contribution is 2.30. The van der Waals surface area contributed by atoms with Crippen LogP contribution in [0.2, 0.25) is 0 Å². The lowest BCUT2D eigenvalue weighted by Crippen LogP contribution is -2.35. The molecule has 10 heteroatoms. The minimum Gasteiger partial charge on any atom is -0.481 e. The largest absolute Gasteiger partial charge is 0.481 e. The Morgan fingerprint density at radius 1 is 0.889 bits per heavy atom. The molecule has 2 heterocycles. The third-order valence-electron chi connectivity index (χ3n) is 7.76. The number of nitrogens with zero attached hydrogens (tertiary/aromatic N) is 2. The van der Waals surface area contributed by atoms with Crippen LogP contribution < -0.4 is 15.5 Å². The first-order valence-corrected chi connectivity index (χ1v) is 15.8. The highest BCUT2D eigenvalue weighted by molar-refractivity contribution is 7.12. The molecule has 4 aromatic rings. The van der Waals surface area contributed by atoms with E-state index in [4.69, 9.17) is 0 Å². The Bertz CT molecular complexity index is 1640. The third-order valence-corrected chi connectivity index (χ3v) is 8.62. The molecule has 1 fully saturated rings. The van der Waals surface area contributed by atoms with E-state index in [1.165, 1.54) is 11.3 Å². The van der Waals surface area contributed by atoms with Gasteiger partial charge in [-0.25, -0.2) is 0 Å². The number of rotatable bonds is 10. The van der Waals surface area contributed by atoms with Crippen molar-refractivity contribution in [3.05, 3.63) is 117 Å². The van der Waals surface area contributed by atoms with Crippen LogP contribution in [0.3, 0.4) is 0 Å². The Hall–Kier alpha value is -4.96. The Kier molecular flexibility index (Phi) is 10.3. The van der Waals surface area contributed by atoms with Crippen LogP contribution in [0.25, 0.3) is 0 Å². The molecule has 45 heavy (non-hydrogen) atoms. The molecule has 0 saturated carbocycles. The van der Waals surface area contributed by atoms with Gasteiger partial charge in [0.05, 0.1) is 35.1 Å². The summed E-state index contributed by atoms with van der Waals surface area (Å²) in [5, 5.41) is 17.3. The quantitative estimate of drug-likeness (QED) is 0.213. The number of carboxylic acid groups (broad SMARTS) is 1. The molecule has 1 unspecified atom stereocenters. The zero-order valence-electron chi connectivity index (χ0n) is 25.1. The van der Waals surface area contributed by atoms with E-state index in [9.17, 15) is 24.3 Å². The summed E-state index contributed by atoms with van der Waals surface area (Å²) >= 11 is 1.43. The number of benzene rings is 3. The van der Waals surface area contributed by atoms with E-state index in [1.807, 2.05) is 90.0 Å². The summed E-state index contributed by atoms with van der Waals surface area (Å²) in [5.41, 5.74) is 4.10. The molecule has 3 N–H and O–H groups in total. The maximum atomic E-state index is 13.5. The summed E-state index contributed by atoms with van der Waals surface area (Å²) in [6.07, 6.45) is 0.625. The summed E-state index contributed by atoms with van der Waals surface area (Å²) in [6.45, 7) is 4.29. The van der Waals surface area contributed by atoms with Gasteiger partial charge in [-0.2, -0.15) is 0 Å². The fourth-order valence-corrected chi connectivity index (χ4v) is 6.10. The number of aryl methyl sites for hydroxylation is 1. The van der Waals surface area contributed by atoms with Crippen molar-refractivity contribution in [2.24, 2.45) is 0 Å². The third kappa shape index (κ3) is 8.36. The number of hydrogen-bond donors (Lipinski definition) is 3. The number of anilines is 2. The lowest BCUT2D eigenvalue weighted by Gasteiger charge is -2.26. The van der Waals surface area contributed by atoms with Gasteiger partial charge < -0.3 is 25.5 Å². The number of amides is 3. The summed E-state index contributed by atoms with van der Waals surface area (Å²) in [6, 6.07) is 24.9. The first kappa shape index (κ1) is 31.5. The van der Waals surface area contributed by atoms with Gasteiger partial charge in [0.1, 0.15) is 0 Å². The molecule has 0 bridgehead atoms. The lowest BCUT2D eigenvalue weighted by molar-refractivity contribution is -0.137. The van der Waals surface area contributed by atoms with Crippen LogP contribution in [0, 0.1) is 6.92 Å². The van der Waals surface area contributed by atoms with Crippen molar-refractivity contribution < 1.29 is 24.3 Å². The normalized spacial score (nSPS) is 13.9. The highest BCUT2D eigenvalue weighted by atomic mass is 32.1. The van der Waals surface area contributed by atoms with Crippen molar-refractivity contribution in [1.82, 2.24) is 10.2 Å². The highest BCUT2D eigenvalue weighted by Gasteiger charge is 2.24. The summed E-state index contributed by atoms with van der Waals surface area (Å²) in [7, 11) is 0. The van der Waals surface area contributed by atoms with Crippen LogP contribution in [0.15, 0.2) is 90.3 Å². The first-order valence-electron chi connectivity index (χ1n) is 14.9. The molecular formula is C35H36N4O5S. The maximum absolute atomic E-state index is 13.5. The molecule has 0 aliphatic carbocycles. The number of carbonyl (C=O) groups excluding carboxylic acids is 3. The van der Waals surface area contributed by atoms with Crippen molar-refractivity contribution in [1.29, 1.82) is 0 Å². The van der Waals surface area contributed by atoms with Crippen LogP contribution >= 0.6 is 11.3 Å². The minimum absolute atomic E-state index is 0.0137. The average molecular weight is 625 g/mol. The number of carboxylic acids is 1. The molecule has 1 aliphatic rings. The van der Waals surface area contributed by atoms with Gasteiger partial charge in [0.2, 0.25) is 5.91 Å². The fraction of sp³-hybridized carbons (Fsp3) is 0.257. The molecule has 3 amide bonds. The van der Waals surface area contributed by atoms with Gasteiger partial charge in [0.25, 0.3) is 11.8 Å². The monoisotopic (exact) mass is 624 g/mol. The van der Waals surface area contributed by atoms with Gasteiger partial charge in [-0.3, -0.25) is 19.2 Å². The number of carbonyl (C=O) groups is 4. The van der Waals surface area contributed by atoms with E-state index in [2.05, 4.69) is 15.5 Å². The Morgan fingerprint density at radius 2 is 1.67 bits per heavy atom. The Morgan fingerprint density at radius 3 is 2.38 bits per heavy atom. The second-order valence-corrected chi connectivity index (χ2v) is 12.0. The van der Waals surface area contributed by atoms with Gasteiger partial charge in [-0.05, 0) is 54.1 Å². The second-order valence-electron chi connectivity index (χ2n) is 11.1. The van der Waals surface area contributed by atoms with E-state index in [-0.39, 0.29) is 24.7 Å². The van der Waals surface area contributed by atoms with E-state index in [0.29, 0.717) is 47.9 Å². The maximum Gasteiger partial charge on any atom is 0.305 e. The van der Waals surface area contributed by atoms with Crippen molar-refractivity contribution in [3.8, 4) is 0 Å². The summed E-state index contributed by atoms with van der Waals surface area (Å²) in [4.78, 5) is 56.1. The number of thiophene rings is 1.